The number of nitrogens with zero attached hydrogens (tertiary/aromatic N) is 1. The number of carboxylic acids is 1. The minimum atomic E-state index is -1.07. The molecule has 0 radical (unpaired) electrons. The number of carbonyl (C=O) groups is 2. The summed E-state index contributed by atoms with van der Waals surface area (Å²) in [6.45, 7) is 0.134. The molecule has 0 aliphatic carbocycles. The Morgan fingerprint density at radius 2 is 1.59 bits per heavy atom. The number of likely N-dealkylation sites (tertiary alicyclic amines) is 1. The average Bonchev–Trinajstić information content (AvgIpc) is 2.86. The predicted molar refractivity (Wildman–Crippen MR) is 54.1 cm³/mol. The van der Waals surface area contributed by atoms with Crippen LogP contribution >= 0.6 is 0 Å². The van der Waals surface area contributed by atoms with Crippen molar-refractivity contribution in [3.05, 3.63) is 0 Å². The van der Waals surface area contributed by atoms with Gasteiger partial charge in [0.15, 0.2) is 6.10 Å². The fraction of sp³-hybridized carbons (Fsp3) is 0.800. The number of ether oxygens (including phenoxy) is 1. The first-order valence-corrected chi connectivity index (χ1v) is 5.52. The minimum absolute atomic E-state index is 0.0671. The number of aliphatic hydroxyl groups is 2. The van der Waals surface area contributed by atoms with E-state index in [4.69, 9.17) is 9.84 Å². The number of rotatable bonds is 2. The van der Waals surface area contributed by atoms with Crippen LogP contribution in [0.1, 0.15) is 12.8 Å². The number of carbonyl (C=O) groups excluding carboxylic acids is 1. The Hall–Kier alpha value is -1.18. The van der Waals surface area contributed by atoms with Crippen molar-refractivity contribution in [3.8, 4) is 0 Å². The van der Waals surface area contributed by atoms with Crippen molar-refractivity contribution >= 4 is 11.9 Å². The summed E-state index contributed by atoms with van der Waals surface area (Å²) in [5, 5.41) is 27.4. The molecule has 17 heavy (non-hydrogen) atoms. The Morgan fingerprint density at radius 1 is 1.06 bits per heavy atom. The van der Waals surface area contributed by atoms with Crippen LogP contribution in [-0.4, -0.2) is 69.6 Å². The summed E-state index contributed by atoms with van der Waals surface area (Å²) in [6.07, 6.45) is -2.90. The molecule has 0 aromatic carbocycles. The van der Waals surface area contributed by atoms with E-state index in [1.165, 1.54) is 4.90 Å². The lowest BCUT2D eigenvalue weighted by molar-refractivity contribution is -0.154. The van der Waals surface area contributed by atoms with Crippen LogP contribution in [0.5, 0.6) is 0 Å². The number of carboxylic acid groups (broad SMARTS) is 1. The van der Waals surface area contributed by atoms with Gasteiger partial charge in [-0.1, -0.05) is 0 Å². The largest absolute Gasteiger partial charge is 0.479 e. The molecule has 96 valence electrons. The van der Waals surface area contributed by atoms with Gasteiger partial charge in [0.1, 0.15) is 6.10 Å². The molecule has 2 rings (SSSR count). The molecule has 4 unspecified atom stereocenters. The number of hydrogen-bond acceptors (Lipinski definition) is 5. The van der Waals surface area contributed by atoms with Gasteiger partial charge in [-0.3, -0.25) is 4.79 Å². The van der Waals surface area contributed by atoms with Gasteiger partial charge in [-0.15, -0.1) is 0 Å². The normalized spacial score (nSPS) is 37.4. The van der Waals surface area contributed by atoms with Crippen LogP contribution < -0.4 is 0 Å². The topological polar surface area (TPSA) is 107 Å². The molecular weight excluding hydrogens is 230 g/mol. The van der Waals surface area contributed by atoms with Crippen molar-refractivity contribution in [2.24, 2.45) is 0 Å². The van der Waals surface area contributed by atoms with Gasteiger partial charge in [0, 0.05) is 13.1 Å². The molecule has 0 bridgehead atoms. The minimum Gasteiger partial charge on any atom is -0.479 e. The van der Waals surface area contributed by atoms with E-state index >= 15 is 0 Å². The summed E-state index contributed by atoms with van der Waals surface area (Å²) in [7, 11) is 0. The highest BCUT2D eigenvalue weighted by Crippen LogP contribution is 2.23. The van der Waals surface area contributed by atoms with Crippen molar-refractivity contribution in [2.75, 3.05) is 13.1 Å². The van der Waals surface area contributed by atoms with E-state index in [0.717, 1.165) is 0 Å². The van der Waals surface area contributed by atoms with Crippen molar-refractivity contribution < 1.29 is 29.6 Å². The van der Waals surface area contributed by atoms with Crippen molar-refractivity contribution in [2.45, 2.75) is 37.3 Å². The first-order chi connectivity index (χ1) is 7.99. The Bertz CT molecular complexity index is 323. The molecule has 0 aromatic heterocycles. The van der Waals surface area contributed by atoms with E-state index in [-0.39, 0.29) is 19.0 Å². The summed E-state index contributed by atoms with van der Waals surface area (Å²) in [5.41, 5.74) is 0. The van der Waals surface area contributed by atoms with Crippen molar-refractivity contribution in [3.63, 3.8) is 0 Å². The van der Waals surface area contributed by atoms with Gasteiger partial charge >= 0.3 is 5.97 Å². The molecule has 7 nitrogen and oxygen atoms in total. The molecule has 3 N–H and O–H groups in total. The Kier molecular flexibility index (Phi) is 3.32. The summed E-state index contributed by atoms with van der Waals surface area (Å²) < 4.78 is 5.11. The summed E-state index contributed by atoms with van der Waals surface area (Å²) in [5.74, 6) is -1.42. The SMILES string of the molecule is O=C(O)C1CCC(C(=O)N2CC(O)C(O)C2)O1. The third-order valence-electron chi connectivity index (χ3n) is 3.14. The van der Waals surface area contributed by atoms with Gasteiger partial charge in [0.2, 0.25) is 0 Å². The molecule has 0 spiro atoms. The molecule has 0 saturated carbocycles. The maximum Gasteiger partial charge on any atom is 0.332 e. The monoisotopic (exact) mass is 245 g/mol. The highest BCUT2D eigenvalue weighted by atomic mass is 16.5. The van der Waals surface area contributed by atoms with Crippen LogP contribution in [0, 0.1) is 0 Å². The van der Waals surface area contributed by atoms with Crippen LogP contribution in [0.2, 0.25) is 0 Å². The molecule has 4 atom stereocenters. The summed E-state index contributed by atoms with van der Waals surface area (Å²) in [6, 6.07) is 0. The molecular formula is C10H15NO6. The summed E-state index contributed by atoms with van der Waals surface area (Å²) in [4.78, 5) is 23.9. The number of β-amino-alcohol motifs (C(OH)–C–C–N with tert-alkyl or cyclic N) is 2. The van der Waals surface area contributed by atoms with Crippen LogP contribution in [-0.2, 0) is 14.3 Å². The van der Waals surface area contributed by atoms with Crippen LogP contribution in [0.4, 0.5) is 0 Å². The van der Waals surface area contributed by atoms with E-state index < -0.39 is 30.4 Å². The smallest absolute Gasteiger partial charge is 0.332 e. The zero-order valence-corrected chi connectivity index (χ0v) is 9.15. The third kappa shape index (κ3) is 2.41. The number of aliphatic hydroxyl groups excluding tert-OH is 2. The van der Waals surface area contributed by atoms with Gasteiger partial charge < -0.3 is 25.0 Å². The van der Waals surface area contributed by atoms with E-state index in [1.807, 2.05) is 0 Å². The van der Waals surface area contributed by atoms with Crippen molar-refractivity contribution in [1.82, 2.24) is 4.90 Å². The van der Waals surface area contributed by atoms with Crippen molar-refractivity contribution in [1.29, 1.82) is 0 Å². The maximum atomic E-state index is 11.9. The van der Waals surface area contributed by atoms with Crippen LogP contribution in [0.15, 0.2) is 0 Å². The van der Waals surface area contributed by atoms with Crippen LogP contribution in [0.3, 0.4) is 0 Å². The molecule has 0 aromatic rings. The van der Waals surface area contributed by atoms with E-state index in [0.29, 0.717) is 12.8 Å². The highest BCUT2D eigenvalue weighted by Gasteiger charge is 2.40. The first kappa shape index (κ1) is 12.3. The zero-order valence-electron chi connectivity index (χ0n) is 9.15. The van der Waals surface area contributed by atoms with Gasteiger partial charge in [-0.2, -0.15) is 0 Å². The van der Waals surface area contributed by atoms with Gasteiger partial charge in [-0.05, 0) is 12.8 Å². The Balaban J connectivity index is 1.92. The van der Waals surface area contributed by atoms with E-state index in [9.17, 15) is 19.8 Å². The highest BCUT2D eigenvalue weighted by molar-refractivity contribution is 5.83. The lowest BCUT2D eigenvalue weighted by atomic mass is 10.2. The fourth-order valence-electron chi connectivity index (χ4n) is 2.15. The number of hydrogen-bond donors (Lipinski definition) is 3. The molecule has 7 heteroatoms. The number of amides is 1. The van der Waals surface area contributed by atoms with Gasteiger partial charge in [0.05, 0.1) is 12.2 Å². The van der Waals surface area contributed by atoms with E-state index in [2.05, 4.69) is 0 Å². The van der Waals surface area contributed by atoms with Gasteiger partial charge in [-0.25, -0.2) is 4.79 Å². The molecule has 2 saturated heterocycles. The molecule has 2 heterocycles. The van der Waals surface area contributed by atoms with Crippen LogP contribution in [0.25, 0.3) is 0 Å². The molecule has 2 aliphatic heterocycles. The number of aliphatic carboxylic acids is 1. The Morgan fingerprint density at radius 3 is 2.06 bits per heavy atom. The Labute approximate surface area is 97.6 Å². The second kappa shape index (κ2) is 4.59. The second-order valence-corrected chi connectivity index (χ2v) is 4.41. The molecule has 2 fully saturated rings. The predicted octanol–water partition coefficient (Wildman–Crippen LogP) is -1.82. The summed E-state index contributed by atoms with van der Waals surface area (Å²) >= 11 is 0. The molecule has 2 aliphatic rings. The third-order valence-corrected chi connectivity index (χ3v) is 3.14. The first-order valence-electron chi connectivity index (χ1n) is 5.52. The maximum absolute atomic E-state index is 11.9. The fourth-order valence-corrected chi connectivity index (χ4v) is 2.15. The van der Waals surface area contributed by atoms with E-state index in [1.54, 1.807) is 0 Å². The lowest BCUT2D eigenvalue weighted by Gasteiger charge is -2.19. The lowest BCUT2D eigenvalue weighted by Crippen LogP contribution is -2.39. The molecule has 1 amide bonds. The van der Waals surface area contributed by atoms with Gasteiger partial charge in [0.25, 0.3) is 5.91 Å². The zero-order chi connectivity index (χ0) is 12.6. The average molecular weight is 245 g/mol. The standard InChI is InChI=1S/C10H15NO6/c12-5-3-11(4-6(5)13)9(14)7-1-2-8(17-7)10(15)16/h5-8,12-13H,1-4H2,(H,15,16). The second-order valence-electron chi connectivity index (χ2n) is 4.41. The quantitative estimate of drug-likeness (QED) is 0.529.